The molecule has 2 aromatic heterocycles. The van der Waals surface area contributed by atoms with Crippen molar-refractivity contribution in [1.29, 1.82) is 0 Å². The summed E-state index contributed by atoms with van der Waals surface area (Å²) in [5.74, 6) is -0.0929. The van der Waals surface area contributed by atoms with Gasteiger partial charge in [-0.1, -0.05) is 0 Å². The Kier molecular flexibility index (Phi) is 0.739. The van der Waals surface area contributed by atoms with Gasteiger partial charge < -0.3 is 5.11 Å². The predicted molar refractivity (Wildman–Crippen MR) is 40.1 cm³/mol. The molecule has 0 radical (unpaired) electrons. The molecule has 2 aromatic rings. The lowest BCUT2D eigenvalue weighted by Gasteiger charge is -1.92. The van der Waals surface area contributed by atoms with Gasteiger partial charge in [-0.2, -0.15) is 0 Å². The van der Waals surface area contributed by atoms with Gasteiger partial charge in [0.1, 0.15) is 5.52 Å². The summed E-state index contributed by atoms with van der Waals surface area (Å²) in [5, 5.41) is 9.98. The Bertz CT molecular complexity index is 578. The zero-order valence-electron chi connectivity index (χ0n) is 6.03. The van der Waals surface area contributed by atoms with Gasteiger partial charge >= 0.3 is 5.69 Å². The van der Waals surface area contributed by atoms with Crippen LogP contribution in [-0.2, 0) is 6.54 Å². The van der Waals surface area contributed by atoms with E-state index in [1.54, 1.807) is 0 Å². The maximum atomic E-state index is 11.2. The highest BCUT2D eigenvalue weighted by molar-refractivity contribution is 5.58. The van der Waals surface area contributed by atoms with Gasteiger partial charge in [-0.3, -0.25) is 14.4 Å². The van der Waals surface area contributed by atoms with Crippen molar-refractivity contribution in [3.05, 3.63) is 27.6 Å². The largest absolute Gasteiger partial charge is 0.493 e. The summed E-state index contributed by atoms with van der Waals surface area (Å²) in [7, 11) is 0. The van der Waals surface area contributed by atoms with Crippen LogP contribution in [0.1, 0.15) is 5.69 Å². The topological polar surface area (TPSA) is 69.9 Å². The van der Waals surface area contributed by atoms with E-state index in [1.807, 2.05) is 6.07 Å². The first-order valence-electron chi connectivity index (χ1n) is 3.57. The minimum atomic E-state index is -0.293. The monoisotopic (exact) mass is 163 g/mol. The van der Waals surface area contributed by atoms with Crippen molar-refractivity contribution < 1.29 is 5.11 Å². The van der Waals surface area contributed by atoms with Crippen LogP contribution in [0, 0.1) is 0 Å². The lowest BCUT2D eigenvalue weighted by Crippen LogP contribution is -2.12. The molecule has 0 atom stereocenters. The second-order valence-electron chi connectivity index (χ2n) is 2.80. The van der Waals surface area contributed by atoms with Crippen molar-refractivity contribution in [2.45, 2.75) is 6.54 Å². The molecule has 3 heterocycles. The summed E-state index contributed by atoms with van der Waals surface area (Å²) in [5.41, 5.74) is 1.04. The molecule has 0 saturated heterocycles. The molecule has 0 aliphatic carbocycles. The Labute approximate surface area is 66.0 Å². The van der Waals surface area contributed by atoms with Crippen LogP contribution in [0.4, 0.5) is 0 Å². The van der Waals surface area contributed by atoms with Crippen LogP contribution in [-0.4, -0.2) is 14.5 Å². The van der Waals surface area contributed by atoms with E-state index in [1.165, 1.54) is 4.40 Å². The van der Waals surface area contributed by atoms with Crippen molar-refractivity contribution >= 4 is 5.52 Å². The third-order valence-corrected chi connectivity index (χ3v) is 2.12. The van der Waals surface area contributed by atoms with E-state index >= 15 is 0 Å². The molecule has 1 aliphatic rings. The van der Waals surface area contributed by atoms with E-state index in [9.17, 15) is 9.90 Å². The van der Waals surface area contributed by atoms with Gasteiger partial charge in [0.05, 0.1) is 17.6 Å². The summed E-state index contributed by atoms with van der Waals surface area (Å²) >= 11 is 0. The number of aromatic amines is 1. The zero-order valence-corrected chi connectivity index (χ0v) is 6.03. The minimum absolute atomic E-state index is 0.0929. The first kappa shape index (κ1) is 5.82. The molecule has 2 bridgehead atoms. The van der Waals surface area contributed by atoms with Gasteiger partial charge in [-0.15, -0.1) is 0 Å². The number of nitrogens with one attached hydrogen (secondary N) is 1. The molecule has 5 heteroatoms. The van der Waals surface area contributed by atoms with E-state index in [0.29, 0.717) is 17.4 Å². The number of imidazole rings is 1. The fourth-order valence-electron chi connectivity index (χ4n) is 1.63. The Hall–Kier alpha value is -1.78. The zero-order chi connectivity index (χ0) is 8.29. The summed E-state index contributed by atoms with van der Waals surface area (Å²) in [6.07, 6.45) is 0. The molecule has 0 aromatic carbocycles. The molecule has 60 valence electrons. The highest BCUT2D eigenvalue weighted by atomic mass is 16.3. The number of H-pyrrole nitrogens is 1. The van der Waals surface area contributed by atoms with Crippen LogP contribution in [0.5, 0.6) is 5.88 Å². The SMILES string of the molecule is O=c1[nH]c(O)c2c3cc(n12)CN=3. The molecule has 5 nitrogen and oxygen atoms in total. The molecule has 0 amide bonds. The maximum absolute atomic E-state index is 11.2. The van der Waals surface area contributed by atoms with Crippen LogP contribution < -0.4 is 11.0 Å². The maximum Gasteiger partial charge on any atom is 0.333 e. The molecule has 0 saturated carbocycles. The predicted octanol–water partition coefficient (Wildman–Crippen LogP) is -0.815. The number of fused-ring (bicyclic) bond motifs is 5. The second kappa shape index (κ2) is 1.52. The summed E-state index contributed by atoms with van der Waals surface area (Å²) in [6, 6.07) is 1.81. The van der Waals surface area contributed by atoms with Gasteiger partial charge in [0, 0.05) is 0 Å². The number of aromatic hydroxyl groups is 1. The summed E-state index contributed by atoms with van der Waals surface area (Å²) in [6.45, 7) is 0.541. The van der Waals surface area contributed by atoms with Crippen molar-refractivity contribution in [2.75, 3.05) is 0 Å². The van der Waals surface area contributed by atoms with E-state index in [2.05, 4.69) is 9.98 Å². The van der Waals surface area contributed by atoms with Gasteiger partial charge in [0.15, 0.2) is 0 Å². The molecule has 0 spiro atoms. The average Bonchev–Trinajstić information content (AvgIpc) is 2.64. The number of hydrogen-bond acceptors (Lipinski definition) is 3. The average molecular weight is 163 g/mol. The Morgan fingerprint density at radius 3 is 3.25 bits per heavy atom. The van der Waals surface area contributed by atoms with Gasteiger partial charge in [-0.05, 0) is 6.07 Å². The fraction of sp³-hybridized carbons (Fsp3) is 0.143. The minimum Gasteiger partial charge on any atom is -0.493 e. The molecule has 0 unspecified atom stereocenters. The van der Waals surface area contributed by atoms with E-state index in [0.717, 1.165) is 5.69 Å². The van der Waals surface area contributed by atoms with Crippen LogP contribution >= 0.6 is 0 Å². The van der Waals surface area contributed by atoms with Crippen LogP contribution in [0.3, 0.4) is 0 Å². The lowest BCUT2D eigenvalue weighted by molar-refractivity contribution is 0.461. The third-order valence-electron chi connectivity index (χ3n) is 2.12. The fourth-order valence-corrected chi connectivity index (χ4v) is 1.63. The van der Waals surface area contributed by atoms with Crippen LogP contribution in [0.15, 0.2) is 15.9 Å². The Morgan fingerprint density at radius 2 is 2.50 bits per heavy atom. The van der Waals surface area contributed by atoms with E-state index < -0.39 is 0 Å². The molecule has 1 aliphatic heterocycles. The summed E-state index contributed by atoms with van der Waals surface area (Å²) in [4.78, 5) is 17.6. The highest BCUT2D eigenvalue weighted by Crippen LogP contribution is 2.15. The Morgan fingerprint density at radius 1 is 1.67 bits per heavy atom. The number of aromatic nitrogens is 2. The van der Waals surface area contributed by atoms with Crippen molar-refractivity contribution in [2.24, 2.45) is 4.99 Å². The quantitative estimate of drug-likeness (QED) is 0.533. The molecular formula is C7H5N3O2. The third kappa shape index (κ3) is 0.440. The summed E-state index contributed by atoms with van der Waals surface area (Å²) < 4.78 is 1.46. The second-order valence-corrected chi connectivity index (χ2v) is 2.80. The normalized spacial score (nSPS) is 14.0. The smallest absolute Gasteiger partial charge is 0.333 e. The van der Waals surface area contributed by atoms with Crippen molar-refractivity contribution in [3.8, 4) is 5.88 Å². The van der Waals surface area contributed by atoms with E-state index in [4.69, 9.17) is 0 Å². The van der Waals surface area contributed by atoms with Crippen molar-refractivity contribution in [1.82, 2.24) is 9.38 Å². The molecule has 12 heavy (non-hydrogen) atoms. The first-order chi connectivity index (χ1) is 5.77. The van der Waals surface area contributed by atoms with Crippen molar-refractivity contribution in [3.63, 3.8) is 0 Å². The van der Waals surface area contributed by atoms with Crippen LogP contribution in [0.2, 0.25) is 0 Å². The van der Waals surface area contributed by atoms with Gasteiger partial charge in [0.2, 0.25) is 5.88 Å². The number of nitrogens with zero attached hydrogens (tertiary/aromatic N) is 2. The first-order valence-corrected chi connectivity index (χ1v) is 3.57. The Balaban J connectivity index is 2.81. The molecular weight excluding hydrogens is 158 g/mol. The molecule has 2 N–H and O–H groups in total. The standard InChI is InChI=1S/C7H5N3O2/c11-6-5-4-1-3(2-8-4)10(5)7(12)9-6/h1,11H,2H2,(H,9,12). The van der Waals surface area contributed by atoms with Crippen LogP contribution in [0.25, 0.3) is 5.52 Å². The number of rotatable bonds is 0. The molecule has 3 rings (SSSR count). The van der Waals surface area contributed by atoms with E-state index in [-0.39, 0.29) is 11.6 Å². The van der Waals surface area contributed by atoms with Gasteiger partial charge in [0.25, 0.3) is 0 Å². The number of hydrogen-bond donors (Lipinski definition) is 2. The molecule has 0 fully saturated rings. The highest BCUT2D eigenvalue weighted by Gasteiger charge is 2.17. The van der Waals surface area contributed by atoms with Gasteiger partial charge in [-0.25, -0.2) is 4.79 Å². The lowest BCUT2D eigenvalue weighted by atomic mass is 10.5.